The molecule has 130 valence electrons. The predicted octanol–water partition coefficient (Wildman–Crippen LogP) is 4.15. The molecule has 3 rings (SSSR count). The Hall–Kier alpha value is -2.69. The first-order valence-electron chi connectivity index (χ1n) is 8.23. The highest BCUT2D eigenvalue weighted by Crippen LogP contribution is 2.39. The van der Waals surface area contributed by atoms with E-state index in [9.17, 15) is 14.0 Å². The van der Waals surface area contributed by atoms with Crippen LogP contribution in [-0.4, -0.2) is 18.3 Å². The number of anilines is 1. The van der Waals surface area contributed by atoms with Crippen molar-refractivity contribution in [2.24, 2.45) is 0 Å². The summed E-state index contributed by atoms with van der Waals surface area (Å²) in [4.78, 5) is 24.3. The summed E-state index contributed by atoms with van der Waals surface area (Å²) in [5, 5.41) is 2.80. The molecule has 0 heterocycles. The van der Waals surface area contributed by atoms with Crippen LogP contribution in [0.4, 0.5) is 10.1 Å². The van der Waals surface area contributed by atoms with E-state index in [1.54, 1.807) is 0 Å². The minimum atomic E-state index is -0.402. The van der Waals surface area contributed by atoms with Crippen molar-refractivity contribution in [3.8, 4) is 5.75 Å². The zero-order valence-electron chi connectivity index (χ0n) is 14.5. The molecule has 5 heteroatoms. The first-order valence-corrected chi connectivity index (χ1v) is 8.23. The van der Waals surface area contributed by atoms with Crippen molar-refractivity contribution in [1.82, 2.24) is 0 Å². The SMILES string of the molecule is Cc1cccc(NC(=O)COc2ccc(F)c3c2C(=O)CC3C)c1C. The van der Waals surface area contributed by atoms with Gasteiger partial charge < -0.3 is 10.1 Å². The molecule has 0 radical (unpaired) electrons. The Morgan fingerprint density at radius 3 is 2.80 bits per heavy atom. The molecule has 0 aromatic heterocycles. The maximum Gasteiger partial charge on any atom is 0.262 e. The van der Waals surface area contributed by atoms with Gasteiger partial charge in [0.2, 0.25) is 0 Å². The lowest BCUT2D eigenvalue weighted by atomic mass is 10.0. The van der Waals surface area contributed by atoms with Crippen LogP contribution < -0.4 is 10.1 Å². The van der Waals surface area contributed by atoms with Crippen molar-refractivity contribution in [2.75, 3.05) is 11.9 Å². The molecular formula is C20H20FNO3. The summed E-state index contributed by atoms with van der Waals surface area (Å²) in [7, 11) is 0. The molecule has 1 amide bonds. The Morgan fingerprint density at radius 2 is 2.04 bits per heavy atom. The molecule has 1 aliphatic carbocycles. The maximum absolute atomic E-state index is 14.0. The van der Waals surface area contributed by atoms with Crippen molar-refractivity contribution in [1.29, 1.82) is 0 Å². The molecule has 25 heavy (non-hydrogen) atoms. The van der Waals surface area contributed by atoms with Gasteiger partial charge in [-0.1, -0.05) is 19.1 Å². The number of benzene rings is 2. The highest BCUT2D eigenvalue weighted by atomic mass is 19.1. The van der Waals surface area contributed by atoms with Gasteiger partial charge in [-0.3, -0.25) is 9.59 Å². The second-order valence-electron chi connectivity index (χ2n) is 6.45. The monoisotopic (exact) mass is 341 g/mol. The van der Waals surface area contributed by atoms with Crippen LogP contribution in [0, 0.1) is 19.7 Å². The van der Waals surface area contributed by atoms with Gasteiger partial charge in [0.05, 0.1) is 5.56 Å². The van der Waals surface area contributed by atoms with Gasteiger partial charge in [0, 0.05) is 17.7 Å². The molecule has 1 aliphatic rings. The van der Waals surface area contributed by atoms with E-state index in [0.717, 1.165) is 16.8 Å². The van der Waals surface area contributed by atoms with Crippen LogP contribution in [-0.2, 0) is 4.79 Å². The Bertz CT molecular complexity index is 860. The van der Waals surface area contributed by atoms with Crippen LogP contribution in [0.3, 0.4) is 0 Å². The standard InChI is InChI=1S/C20H20FNO3/c1-11-5-4-6-15(13(11)3)22-18(24)10-25-17-8-7-14(21)19-12(2)9-16(23)20(17)19/h4-8,12H,9-10H2,1-3H3,(H,22,24). The number of hydrogen-bond donors (Lipinski definition) is 1. The normalized spacial score (nSPS) is 15.8. The highest BCUT2D eigenvalue weighted by molar-refractivity contribution is 6.04. The molecule has 0 saturated carbocycles. The molecule has 4 nitrogen and oxygen atoms in total. The predicted molar refractivity (Wildman–Crippen MR) is 93.8 cm³/mol. The number of Topliss-reactive ketones (excluding diaryl/α,β-unsaturated/α-hetero) is 1. The maximum atomic E-state index is 14.0. The molecule has 0 fully saturated rings. The van der Waals surface area contributed by atoms with Crippen LogP contribution in [0.1, 0.15) is 46.3 Å². The van der Waals surface area contributed by atoms with Crippen molar-refractivity contribution < 1.29 is 18.7 Å². The first kappa shape index (κ1) is 17.1. The lowest BCUT2D eigenvalue weighted by Crippen LogP contribution is -2.21. The molecule has 0 saturated heterocycles. The van der Waals surface area contributed by atoms with Crippen molar-refractivity contribution in [2.45, 2.75) is 33.1 Å². The number of nitrogens with one attached hydrogen (secondary N) is 1. The smallest absolute Gasteiger partial charge is 0.262 e. The van der Waals surface area contributed by atoms with Gasteiger partial charge in [-0.05, 0) is 49.1 Å². The van der Waals surface area contributed by atoms with Gasteiger partial charge in [0.1, 0.15) is 11.6 Å². The summed E-state index contributed by atoms with van der Waals surface area (Å²) in [5.41, 5.74) is 3.45. The van der Waals surface area contributed by atoms with E-state index in [1.807, 2.05) is 39.0 Å². The van der Waals surface area contributed by atoms with Gasteiger partial charge in [-0.15, -0.1) is 0 Å². The van der Waals surface area contributed by atoms with Crippen LogP contribution in [0.5, 0.6) is 5.75 Å². The Labute approximate surface area is 146 Å². The minimum Gasteiger partial charge on any atom is -0.483 e. The van der Waals surface area contributed by atoms with E-state index < -0.39 is 5.82 Å². The average molecular weight is 341 g/mol. The summed E-state index contributed by atoms with van der Waals surface area (Å²) >= 11 is 0. The number of rotatable bonds is 4. The van der Waals surface area contributed by atoms with E-state index in [0.29, 0.717) is 5.56 Å². The third kappa shape index (κ3) is 3.27. The lowest BCUT2D eigenvalue weighted by Gasteiger charge is -2.13. The molecule has 2 aromatic carbocycles. The van der Waals surface area contributed by atoms with Gasteiger partial charge in [-0.2, -0.15) is 0 Å². The molecular weight excluding hydrogens is 321 g/mol. The van der Waals surface area contributed by atoms with Gasteiger partial charge in [0.25, 0.3) is 5.91 Å². The molecule has 1 unspecified atom stereocenters. The minimum absolute atomic E-state index is 0.146. The van der Waals surface area contributed by atoms with Crippen LogP contribution in [0.15, 0.2) is 30.3 Å². The summed E-state index contributed by atoms with van der Waals surface area (Å²) in [6.07, 6.45) is 0.265. The molecule has 1 N–H and O–H groups in total. The topological polar surface area (TPSA) is 55.4 Å². The van der Waals surface area contributed by atoms with E-state index in [2.05, 4.69) is 5.32 Å². The number of carbonyl (C=O) groups is 2. The molecule has 2 aromatic rings. The van der Waals surface area contributed by atoms with E-state index >= 15 is 0 Å². The highest BCUT2D eigenvalue weighted by Gasteiger charge is 2.32. The summed E-state index contributed by atoms with van der Waals surface area (Å²) < 4.78 is 19.5. The average Bonchev–Trinajstić information content (AvgIpc) is 2.87. The van der Waals surface area contributed by atoms with Crippen LogP contribution in [0.2, 0.25) is 0 Å². The summed E-state index contributed by atoms with van der Waals surface area (Å²) in [6, 6.07) is 8.35. The summed E-state index contributed by atoms with van der Waals surface area (Å²) in [5.74, 6) is -0.783. The fraction of sp³-hybridized carbons (Fsp3) is 0.300. The Morgan fingerprint density at radius 1 is 1.28 bits per heavy atom. The quantitative estimate of drug-likeness (QED) is 0.909. The lowest BCUT2D eigenvalue weighted by molar-refractivity contribution is -0.118. The zero-order valence-corrected chi connectivity index (χ0v) is 14.5. The Balaban J connectivity index is 1.73. The first-order chi connectivity index (χ1) is 11.9. The number of halogens is 1. The number of ketones is 1. The van der Waals surface area contributed by atoms with Crippen LogP contribution in [0.25, 0.3) is 0 Å². The molecule has 0 aliphatic heterocycles. The van der Waals surface area contributed by atoms with Crippen molar-refractivity contribution >= 4 is 17.4 Å². The van der Waals surface area contributed by atoms with Crippen molar-refractivity contribution in [3.05, 3.63) is 58.4 Å². The number of amides is 1. The third-order valence-electron chi connectivity index (χ3n) is 4.65. The van der Waals surface area contributed by atoms with E-state index in [4.69, 9.17) is 4.74 Å². The molecule has 0 bridgehead atoms. The number of fused-ring (bicyclic) bond motifs is 1. The van der Waals surface area contributed by atoms with E-state index in [1.165, 1.54) is 12.1 Å². The fourth-order valence-corrected chi connectivity index (χ4v) is 3.16. The van der Waals surface area contributed by atoms with Gasteiger partial charge in [0.15, 0.2) is 12.4 Å². The number of hydrogen-bond acceptors (Lipinski definition) is 3. The number of carbonyl (C=O) groups excluding carboxylic acids is 2. The van der Waals surface area contributed by atoms with Crippen LogP contribution >= 0.6 is 0 Å². The molecule has 1 atom stereocenters. The Kier molecular flexibility index (Phi) is 4.57. The summed E-state index contributed by atoms with van der Waals surface area (Å²) in [6.45, 7) is 5.46. The van der Waals surface area contributed by atoms with Crippen molar-refractivity contribution in [3.63, 3.8) is 0 Å². The van der Waals surface area contributed by atoms with Gasteiger partial charge in [-0.25, -0.2) is 4.39 Å². The fourth-order valence-electron chi connectivity index (χ4n) is 3.16. The van der Waals surface area contributed by atoms with E-state index in [-0.39, 0.29) is 41.9 Å². The largest absolute Gasteiger partial charge is 0.483 e. The second kappa shape index (κ2) is 6.67. The zero-order chi connectivity index (χ0) is 18.1. The number of aryl methyl sites for hydroxylation is 1. The third-order valence-corrected chi connectivity index (χ3v) is 4.65. The van der Waals surface area contributed by atoms with Gasteiger partial charge >= 0.3 is 0 Å². The molecule has 0 spiro atoms. The number of ether oxygens (including phenoxy) is 1. The second-order valence-corrected chi connectivity index (χ2v) is 6.45.